The Balaban J connectivity index is 2.20. The van der Waals surface area contributed by atoms with Crippen LogP contribution in [-0.2, 0) is 20.9 Å². The number of Topliss-reactive ketones (excluding diaryl/α,β-unsaturated/α-hetero) is 1. The number of primary amides is 1. The number of amides is 1. The summed E-state index contributed by atoms with van der Waals surface area (Å²) in [6, 6.07) is 12.8. The van der Waals surface area contributed by atoms with E-state index < -0.39 is 17.7 Å². The van der Waals surface area contributed by atoms with Gasteiger partial charge in [-0.1, -0.05) is 30.3 Å². The highest BCUT2D eigenvalue weighted by molar-refractivity contribution is 6.45. The van der Waals surface area contributed by atoms with Crippen molar-refractivity contribution in [3.63, 3.8) is 0 Å². The topological polar surface area (TPSA) is 127 Å². The quantitative estimate of drug-likeness (QED) is 0.254. The van der Waals surface area contributed by atoms with Crippen molar-refractivity contribution in [2.24, 2.45) is 5.73 Å². The molecule has 0 aliphatic rings. The van der Waals surface area contributed by atoms with Crippen LogP contribution in [-0.4, -0.2) is 35.4 Å². The summed E-state index contributed by atoms with van der Waals surface area (Å²) >= 11 is 0. The van der Waals surface area contributed by atoms with Crippen LogP contribution < -0.4 is 16.2 Å². The van der Waals surface area contributed by atoms with Crippen LogP contribution in [0.1, 0.15) is 28.5 Å². The van der Waals surface area contributed by atoms with Gasteiger partial charge in [-0.05, 0) is 31.5 Å². The highest BCUT2D eigenvalue weighted by atomic mass is 16.6. The Bertz CT molecular complexity index is 1120. The molecular formula is C22H23N3O5. The molecule has 1 amide bonds. The van der Waals surface area contributed by atoms with E-state index in [0.717, 1.165) is 5.56 Å². The lowest BCUT2D eigenvalue weighted by atomic mass is 10.0. The first-order chi connectivity index (χ1) is 14.3. The molecule has 0 spiro atoms. The fourth-order valence-electron chi connectivity index (χ4n) is 3.43. The summed E-state index contributed by atoms with van der Waals surface area (Å²) in [5.74, 6) is -2.25. The van der Waals surface area contributed by atoms with Crippen LogP contribution in [0.4, 0.5) is 5.69 Å². The summed E-state index contributed by atoms with van der Waals surface area (Å²) in [6.45, 7) is 3.70. The predicted molar refractivity (Wildman–Crippen MR) is 112 cm³/mol. The minimum absolute atomic E-state index is 0.111. The minimum Gasteiger partial charge on any atom is -0.481 e. The normalized spacial score (nSPS) is 10.7. The summed E-state index contributed by atoms with van der Waals surface area (Å²) in [6.07, 6.45) is 0. The zero-order valence-corrected chi connectivity index (χ0v) is 16.8. The average Bonchev–Trinajstić information content (AvgIpc) is 3.01. The van der Waals surface area contributed by atoms with E-state index in [0.29, 0.717) is 28.8 Å². The maximum atomic E-state index is 12.7. The van der Waals surface area contributed by atoms with Gasteiger partial charge in [-0.2, -0.15) is 0 Å². The number of carbonyl (C=O) groups is 3. The first-order valence-electron chi connectivity index (χ1n) is 9.42. The number of hydrogen-bond donors (Lipinski definition) is 2. The Labute approximate surface area is 173 Å². The van der Waals surface area contributed by atoms with Gasteiger partial charge in [-0.25, -0.2) is 4.79 Å². The number of nitrogens with zero attached hydrogens (tertiary/aromatic N) is 1. The van der Waals surface area contributed by atoms with Crippen molar-refractivity contribution in [2.45, 2.75) is 20.4 Å². The number of hydrogen-bond acceptors (Lipinski definition) is 6. The van der Waals surface area contributed by atoms with Crippen molar-refractivity contribution in [2.75, 3.05) is 18.9 Å². The molecule has 0 fully saturated rings. The molecule has 0 saturated carbocycles. The minimum atomic E-state index is -1.09. The van der Waals surface area contributed by atoms with Gasteiger partial charge in [0.2, 0.25) is 0 Å². The van der Waals surface area contributed by atoms with Crippen molar-refractivity contribution in [3.8, 4) is 5.75 Å². The maximum absolute atomic E-state index is 12.7. The third-order valence-corrected chi connectivity index (χ3v) is 4.74. The number of aromatic nitrogens is 1. The summed E-state index contributed by atoms with van der Waals surface area (Å²) in [5.41, 5.74) is 14.1. The highest BCUT2D eigenvalue weighted by Crippen LogP contribution is 2.38. The van der Waals surface area contributed by atoms with E-state index in [2.05, 4.69) is 0 Å². The first-order valence-corrected chi connectivity index (χ1v) is 9.42. The molecule has 0 radical (unpaired) electrons. The Morgan fingerprint density at radius 1 is 1.07 bits per heavy atom. The highest BCUT2D eigenvalue weighted by Gasteiger charge is 2.27. The van der Waals surface area contributed by atoms with E-state index in [1.807, 2.05) is 34.9 Å². The van der Waals surface area contributed by atoms with Gasteiger partial charge in [0.05, 0.1) is 28.8 Å². The lowest BCUT2D eigenvalue weighted by Gasteiger charge is -2.12. The van der Waals surface area contributed by atoms with E-state index in [9.17, 15) is 14.4 Å². The molecule has 3 aromatic rings. The van der Waals surface area contributed by atoms with Gasteiger partial charge in [0.15, 0.2) is 6.61 Å². The molecule has 1 heterocycles. The SMILES string of the molecule is CCOC(=O)COc1ccc(N)c2c1c(C(=O)C(N)=O)c(C)n2Cc1ccccc1. The van der Waals surface area contributed by atoms with Crippen molar-refractivity contribution < 1.29 is 23.9 Å². The predicted octanol–water partition coefficient (Wildman–Crippen LogP) is 2.19. The lowest BCUT2D eigenvalue weighted by Crippen LogP contribution is -2.24. The van der Waals surface area contributed by atoms with Crippen molar-refractivity contribution >= 4 is 34.3 Å². The number of ketones is 1. The molecular weight excluding hydrogens is 386 g/mol. The van der Waals surface area contributed by atoms with Crippen LogP contribution in [0.3, 0.4) is 0 Å². The van der Waals surface area contributed by atoms with Crippen LogP contribution in [0.25, 0.3) is 10.9 Å². The molecule has 4 N–H and O–H groups in total. The molecule has 0 saturated heterocycles. The van der Waals surface area contributed by atoms with Gasteiger partial charge < -0.3 is 25.5 Å². The zero-order chi connectivity index (χ0) is 21.8. The van der Waals surface area contributed by atoms with Crippen LogP contribution in [0, 0.1) is 6.92 Å². The fourth-order valence-corrected chi connectivity index (χ4v) is 3.43. The lowest BCUT2D eigenvalue weighted by molar-refractivity contribution is -0.145. The van der Waals surface area contributed by atoms with Crippen molar-refractivity contribution in [1.82, 2.24) is 4.57 Å². The van der Waals surface area contributed by atoms with E-state index in [-0.39, 0.29) is 24.5 Å². The third kappa shape index (κ3) is 3.98. The molecule has 0 aliphatic carbocycles. The van der Waals surface area contributed by atoms with Gasteiger partial charge in [0, 0.05) is 12.2 Å². The molecule has 0 unspecified atom stereocenters. The van der Waals surface area contributed by atoms with Gasteiger partial charge in [0.25, 0.3) is 11.7 Å². The number of esters is 1. The largest absolute Gasteiger partial charge is 0.481 e. The van der Waals surface area contributed by atoms with E-state index >= 15 is 0 Å². The summed E-state index contributed by atoms with van der Waals surface area (Å²) in [4.78, 5) is 36.1. The molecule has 1 aromatic heterocycles. The zero-order valence-electron chi connectivity index (χ0n) is 16.8. The molecule has 0 atom stereocenters. The van der Waals surface area contributed by atoms with Crippen LogP contribution in [0.15, 0.2) is 42.5 Å². The Morgan fingerprint density at radius 3 is 2.40 bits per heavy atom. The third-order valence-electron chi connectivity index (χ3n) is 4.74. The van der Waals surface area contributed by atoms with Crippen LogP contribution >= 0.6 is 0 Å². The van der Waals surface area contributed by atoms with Gasteiger partial charge in [-0.3, -0.25) is 9.59 Å². The first kappa shape index (κ1) is 20.9. The van der Waals surface area contributed by atoms with Gasteiger partial charge >= 0.3 is 5.97 Å². The second kappa shape index (κ2) is 8.69. The summed E-state index contributed by atoms with van der Waals surface area (Å²) < 4.78 is 12.4. The maximum Gasteiger partial charge on any atom is 0.344 e. The van der Waals surface area contributed by atoms with E-state index in [1.54, 1.807) is 26.0 Å². The molecule has 3 rings (SSSR count). The number of benzene rings is 2. The molecule has 156 valence electrons. The standard InChI is InChI=1S/C22H23N3O5/c1-3-29-17(26)12-30-16-10-9-15(23)20-19(16)18(21(27)22(24)28)13(2)25(20)11-14-7-5-4-6-8-14/h4-10H,3,11-12,23H2,1-2H3,(H2,24,28). The van der Waals surface area contributed by atoms with Crippen LogP contribution in [0.5, 0.6) is 5.75 Å². The second-order valence-corrected chi connectivity index (χ2v) is 6.70. The summed E-state index contributed by atoms with van der Waals surface area (Å²) in [5, 5.41) is 0.344. The Kier molecular flexibility index (Phi) is 6.06. The molecule has 2 aromatic carbocycles. The van der Waals surface area contributed by atoms with Crippen LogP contribution in [0.2, 0.25) is 0 Å². The fraction of sp³-hybridized carbons (Fsp3) is 0.227. The Hall–Kier alpha value is -3.81. The number of nitrogens with two attached hydrogens (primary N) is 2. The molecule has 30 heavy (non-hydrogen) atoms. The molecule has 0 bridgehead atoms. The number of carbonyl (C=O) groups excluding carboxylic acids is 3. The Morgan fingerprint density at radius 2 is 1.77 bits per heavy atom. The second-order valence-electron chi connectivity index (χ2n) is 6.70. The molecule has 0 aliphatic heterocycles. The molecule has 8 nitrogen and oxygen atoms in total. The van der Waals surface area contributed by atoms with Crippen molar-refractivity contribution in [3.05, 3.63) is 59.3 Å². The monoisotopic (exact) mass is 409 g/mol. The van der Waals surface area contributed by atoms with Gasteiger partial charge in [0.1, 0.15) is 5.75 Å². The average molecular weight is 409 g/mol. The number of rotatable bonds is 8. The molecule has 8 heteroatoms. The number of anilines is 1. The smallest absolute Gasteiger partial charge is 0.344 e. The number of ether oxygens (including phenoxy) is 2. The van der Waals surface area contributed by atoms with E-state index in [1.165, 1.54) is 0 Å². The van der Waals surface area contributed by atoms with Gasteiger partial charge in [-0.15, -0.1) is 0 Å². The van der Waals surface area contributed by atoms with Crippen molar-refractivity contribution in [1.29, 1.82) is 0 Å². The summed E-state index contributed by atoms with van der Waals surface area (Å²) in [7, 11) is 0. The number of nitrogen functional groups attached to an aromatic ring is 1. The number of fused-ring (bicyclic) bond motifs is 1. The van der Waals surface area contributed by atoms with E-state index in [4.69, 9.17) is 20.9 Å².